The van der Waals surface area contributed by atoms with Crippen molar-refractivity contribution in [1.29, 1.82) is 0 Å². The van der Waals surface area contributed by atoms with Crippen molar-refractivity contribution in [3.8, 4) is 39.9 Å². The van der Waals surface area contributed by atoms with Crippen LogP contribution in [0.2, 0.25) is 0 Å². The molecule has 4 aromatic rings. The van der Waals surface area contributed by atoms with E-state index in [0.717, 1.165) is 99.7 Å². The molecule has 61 heavy (non-hydrogen) atoms. The third-order valence-corrected chi connectivity index (χ3v) is 9.38. The Morgan fingerprint density at radius 3 is 1.02 bits per heavy atom. The predicted octanol–water partition coefficient (Wildman–Crippen LogP) is 10.9. The second-order valence-electron chi connectivity index (χ2n) is 14.1. The summed E-state index contributed by atoms with van der Waals surface area (Å²) in [7, 11) is 0. The molecule has 0 N–H and O–H groups in total. The van der Waals surface area contributed by atoms with Gasteiger partial charge in [-0.3, -0.25) is 0 Å². The van der Waals surface area contributed by atoms with Gasteiger partial charge in [0.25, 0.3) is 0 Å². The van der Waals surface area contributed by atoms with Crippen molar-refractivity contribution >= 4 is 17.9 Å². The molecular weight excluding hydrogens is 777 g/mol. The van der Waals surface area contributed by atoms with Crippen LogP contribution in [-0.2, 0) is 23.8 Å². The molecule has 0 amide bonds. The molecule has 0 aliphatic carbocycles. The van der Waals surface area contributed by atoms with Crippen LogP contribution in [0, 0.1) is 0 Å². The lowest BCUT2D eigenvalue weighted by Crippen LogP contribution is -2.07. The molecular formula is C50H60O11. The summed E-state index contributed by atoms with van der Waals surface area (Å²) in [6.45, 7) is 9.87. The van der Waals surface area contributed by atoms with Crippen molar-refractivity contribution in [2.24, 2.45) is 0 Å². The summed E-state index contributed by atoms with van der Waals surface area (Å²) in [5, 5.41) is 0. The van der Waals surface area contributed by atoms with Crippen LogP contribution in [0.15, 0.2) is 122 Å². The molecule has 0 bridgehead atoms. The molecule has 0 saturated heterocycles. The van der Waals surface area contributed by atoms with Crippen LogP contribution < -0.4 is 23.7 Å². The van der Waals surface area contributed by atoms with Crippen LogP contribution in [0.4, 0.5) is 0 Å². The molecule has 11 heteroatoms. The molecule has 0 heterocycles. The summed E-state index contributed by atoms with van der Waals surface area (Å²) < 4.78 is 44.5. The first-order valence-electron chi connectivity index (χ1n) is 21.2. The maximum atomic E-state index is 12.4. The van der Waals surface area contributed by atoms with E-state index in [2.05, 4.69) is 13.2 Å². The van der Waals surface area contributed by atoms with Crippen molar-refractivity contribution in [1.82, 2.24) is 0 Å². The summed E-state index contributed by atoms with van der Waals surface area (Å²) in [4.78, 5) is 34.5. The zero-order valence-electron chi connectivity index (χ0n) is 35.2. The van der Waals surface area contributed by atoms with Gasteiger partial charge in [0.15, 0.2) is 0 Å². The zero-order valence-corrected chi connectivity index (χ0v) is 35.2. The molecule has 0 aliphatic heterocycles. The largest absolute Gasteiger partial charge is 0.494 e. The van der Waals surface area contributed by atoms with Gasteiger partial charge in [-0.05, 0) is 161 Å². The lowest BCUT2D eigenvalue weighted by atomic mass is 10.1. The Balaban J connectivity index is 0.986. The lowest BCUT2D eigenvalue weighted by molar-refractivity contribution is -0.138. The average molecular weight is 837 g/mol. The van der Waals surface area contributed by atoms with Crippen LogP contribution in [-0.4, -0.2) is 64.3 Å². The smallest absolute Gasteiger partial charge is 0.338 e. The highest BCUT2D eigenvalue weighted by Gasteiger charge is 2.08. The average Bonchev–Trinajstić information content (AvgIpc) is 3.29. The highest BCUT2D eigenvalue weighted by molar-refractivity contribution is 5.89. The Morgan fingerprint density at radius 1 is 0.361 bits per heavy atom. The van der Waals surface area contributed by atoms with Crippen LogP contribution in [0.25, 0.3) is 11.1 Å². The van der Waals surface area contributed by atoms with Crippen LogP contribution in [0.5, 0.6) is 28.7 Å². The van der Waals surface area contributed by atoms with Gasteiger partial charge >= 0.3 is 17.9 Å². The lowest BCUT2D eigenvalue weighted by Gasteiger charge is -2.11. The Bertz CT molecular complexity index is 1850. The topological polar surface area (TPSA) is 125 Å². The van der Waals surface area contributed by atoms with Crippen molar-refractivity contribution in [2.75, 3.05) is 46.4 Å². The number of ether oxygens (including phenoxy) is 8. The molecule has 0 fully saturated rings. The standard InChI is InChI=1S/C50H60O11/c1-3-48(51)57-36-14-8-5-11-34-55-44-27-21-42(22-28-44)50(53)59-38-16-10-7-13-33-54-43-23-17-40(18-24-43)41-19-25-46(26-20-41)60-39-61-47-31-29-45(30-32-47)56-35-12-6-9-15-37-58-49(52)4-2/h3-4,17-32H,1-2,5-16,33-39H2. The number of benzene rings is 4. The van der Waals surface area contributed by atoms with Gasteiger partial charge in [-0.25, -0.2) is 14.4 Å². The molecule has 0 atom stereocenters. The van der Waals surface area contributed by atoms with E-state index in [9.17, 15) is 14.4 Å². The van der Waals surface area contributed by atoms with E-state index in [0.29, 0.717) is 62.5 Å². The predicted molar refractivity (Wildman–Crippen MR) is 235 cm³/mol. The van der Waals surface area contributed by atoms with Gasteiger partial charge in [0.1, 0.15) is 28.7 Å². The molecule has 4 rings (SSSR count). The molecule has 0 saturated carbocycles. The fraction of sp³-hybridized carbons (Fsp3) is 0.380. The molecule has 4 aromatic carbocycles. The van der Waals surface area contributed by atoms with Gasteiger partial charge < -0.3 is 37.9 Å². The van der Waals surface area contributed by atoms with E-state index >= 15 is 0 Å². The summed E-state index contributed by atoms with van der Waals surface area (Å²) >= 11 is 0. The van der Waals surface area contributed by atoms with Crippen molar-refractivity contribution < 1.29 is 52.3 Å². The fourth-order valence-electron chi connectivity index (χ4n) is 5.93. The molecule has 0 aliphatic rings. The first kappa shape index (κ1) is 47.4. The number of esters is 3. The minimum atomic E-state index is -0.389. The maximum absolute atomic E-state index is 12.4. The van der Waals surface area contributed by atoms with Crippen molar-refractivity contribution in [3.63, 3.8) is 0 Å². The van der Waals surface area contributed by atoms with Crippen molar-refractivity contribution in [2.45, 2.75) is 77.0 Å². The number of carbonyl (C=O) groups is 3. The Hall–Kier alpha value is -6.23. The quantitative estimate of drug-likeness (QED) is 0.0153. The summed E-state index contributed by atoms with van der Waals surface area (Å²) in [5.41, 5.74) is 2.65. The Labute approximate surface area is 360 Å². The van der Waals surface area contributed by atoms with Gasteiger partial charge in [0.2, 0.25) is 6.79 Å². The van der Waals surface area contributed by atoms with E-state index in [1.807, 2.05) is 72.8 Å². The fourth-order valence-corrected chi connectivity index (χ4v) is 5.93. The van der Waals surface area contributed by atoms with Crippen molar-refractivity contribution in [3.05, 3.63) is 128 Å². The highest BCUT2D eigenvalue weighted by Crippen LogP contribution is 2.25. The van der Waals surface area contributed by atoms with Gasteiger partial charge in [-0.2, -0.15) is 0 Å². The number of rotatable bonds is 32. The van der Waals surface area contributed by atoms with Gasteiger partial charge in [-0.15, -0.1) is 0 Å². The van der Waals surface area contributed by atoms with E-state index in [1.54, 1.807) is 24.3 Å². The molecule has 0 radical (unpaired) electrons. The molecule has 0 unspecified atom stereocenters. The number of hydrogen-bond acceptors (Lipinski definition) is 11. The number of hydrogen-bond donors (Lipinski definition) is 0. The number of carbonyl (C=O) groups excluding carboxylic acids is 3. The highest BCUT2D eigenvalue weighted by atomic mass is 16.7. The third kappa shape index (κ3) is 20.1. The maximum Gasteiger partial charge on any atom is 0.338 e. The first-order valence-corrected chi connectivity index (χ1v) is 21.2. The Morgan fingerprint density at radius 2 is 0.656 bits per heavy atom. The van der Waals surface area contributed by atoms with Gasteiger partial charge in [0.05, 0.1) is 45.2 Å². The van der Waals surface area contributed by atoms with Gasteiger partial charge in [-0.1, -0.05) is 37.4 Å². The first-order chi connectivity index (χ1) is 29.9. The normalized spacial score (nSPS) is 10.6. The van der Waals surface area contributed by atoms with Crippen LogP contribution in [0.1, 0.15) is 87.4 Å². The molecule has 11 nitrogen and oxygen atoms in total. The van der Waals surface area contributed by atoms with Crippen LogP contribution >= 0.6 is 0 Å². The minimum absolute atomic E-state index is 0.0808. The van der Waals surface area contributed by atoms with Gasteiger partial charge in [0, 0.05) is 12.2 Å². The van der Waals surface area contributed by atoms with Crippen LogP contribution in [0.3, 0.4) is 0 Å². The van der Waals surface area contributed by atoms with E-state index in [-0.39, 0.29) is 24.7 Å². The molecule has 0 aromatic heterocycles. The third-order valence-electron chi connectivity index (χ3n) is 9.38. The molecule has 326 valence electrons. The second-order valence-corrected chi connectivity index (χ2v) is 14.1. The Kier molecular flexibility index (Phi) is 22.6. The second kappa shape index (κ2) is 29.1. The number of unbranched alkanes of at least 4 members (excludes halogenated alkanes) is 9. The minimum Gasteiger partial charge on any atom is -0.494 e. The SMILES string of the molecule is C=CC(=O)OCCCCCCOc1ccc(OCOc2ccc(-c3ccc(OCCCCCCOC(=O)c4ccc(OCCCCCCOC(=O)C=C)cc4)cc3)cc2)cc1. The summed E-state index contributed by atoms with van der Waals surface area (Å²) in [6, 6.07) is 30.4. The molecule has 0 spiro atoms. The monoisotopic (exact) mass is 836 g/mol. The van der Waals surface area contributed by atoms with E-state index in [4.69, 9.17) is 37.9 Å². The zero-order chi connectivity index (χ0) is 43.2. The summed E-state index contributed by atoms with van der Waals surface area (Å²) in [6.07, 6.45) is 13.3. The van der Waals surface area contributed by atoms with E-state index in [1.165, 1.54) is 12.2 Å². The summed E-state index contributed by atoms with van der Waals surface area (Å²) in [5.74, 6) is 2.61. The van der Waals surface area contributed by atoms with E-state index < -0.39 is 0 Å².